The van der Waals surface area contributed by atoms with Crippen molar-refractivity contribution in [1.29, 1.82) is 0 Å². The minimum absolute atomic E-state index is 0.0479. The van der Waals surface area contributed by atoms with Gasteiger partial charge in [0.15, 0.2) is 0 Å². The summed E-state index contributed by atoms with van der Waals surface area (Å²) in [5.41, 5.74) is 5.48. The van der Waals surface area contributed by atoms with Gasteiger partial charge in [0, 0.05) is 40.8 Å². The molecule has 1 heterocycles. The van der Waals surface area contributed by atoms with Crippen LogP contribution in [0.25, 0.3) is 21.5 Å². The van der Waals surface area contributed by atoms with Gasteiger partial charge in [0.25, 0.3) is 0 Å². The summed E-state index contributed by atoms with van der Waals surface area (Å²) >= 11 is 0. The van der Waals surface area contributed by atoms with Crippen molar-refractivity contribution >= 4 is 84.9 Å². The third-order valence-electron chi connectivity index (χ3n) is 9.27. The zero-order valence-corrected chi connectivity index (χ0v) is 33.2. The van der Waals surface area contributed by atoms with E-state index >= 15 is 0 Å². The Morgan fingerprint density at radius 1 is 0.500 bits per heavy atom. The van der Waals surface area contributed by atoms with Gasteiger partial charge in [0.05, 0.1) is 60.3 Å². The first kappa shape index (κ1) is 39.2. The number of hydrogen-bond donors (Lipinski definition) is 6. The number of nitrogens with zero attached hydrogens (tertiary/aromatic N) is 9. The first-order chi connectivity index (χ1) is 27.7. The van der Waals surface area contributed by atoms with E-state index in [0.29, 0.717) is 43.1 Å². The summed E-state index contributed by atoms with van der Waals surface area (Å²) in [6.45, 7) is 0.137. The molecule has 15 nitrogen and oxygen atoms in total. The van der Waals surface area contributed by atoms with Gasteiger partial charge in [0.2, 0.25) is 17.8 Å². The van der Waals surface area contributed by atoms with Crippen LogP contribution in [-0.2, 0) is 0 Å². The second kappa shape index (κ2) is 16.2. The molecule has 1 aromatic heterocycles. The van der Waals surface area contributed by atoms with Gasteiger partial charge in [0.1, 0.15) is 34.2 Å². The Hall–Kier alpha value is -7.07. The molecule has 58 heavy (non-hydrogen) atoms. The molecule has 0 amide bonds. The number of aliphatic hydroxyl groups excluding tert-OH is 1. The second-order valence-electron chi connectivity index (χ2n) is 15.4. The van der Waals surface area contributed by atoms with Crippen molar-refractivity contribution in [3.05, 3.63) is 109 Å². The lowest BCUT2D eigenvalue weighted by molar-refractivity contribution is 0.311. The van der Waals surface area contributed by atoms with Gasteiger partial charge in [-0.1, -0.05) is 12.1 Å². The maximum atomic E-state index is 10.7. The van der Waals surface area contributed by atoms with Gasteiger partial charge in [-0.2, -0.15) is 25.2 Å². The predicted molar refractivity (Wildman–Crippen MR) is 234 cm³/mol. The molecule has 0 spiro atoms. The molecule has 0 atom stereocenters. The minimum atomic E-state index is -0.107. The summed E-state index contributed by atoms with van der Waals surface area (Å²) in [7, 11) is 12.5. The van der Waals surface area contributed by atoms with Gasteiger partial charge in [-0.3, -0.25) is 8.97 Å². The molecule has 0 fully saturated rings. The molecule has 0 radical (unpaired) electrons. The Bertz CT molecular complexity index is 2480. The number of anilines is 5. The number of fused-ring (bicyclic) bond motifs is 2. The summed E-state index contributed by atoms with van der Waals surface area (Å²) < 4.78 is 1.24. The van der Waals surface area contributed by atoms with Gasteiger partial charge >= 0.3 is 0 Å². The molecular formula is C43H46N12O3+2. The summed E-state index contributed by atoms with van der Waals surface area (Å²) in [6, 6.07) is 33.7. The lowest BCUT2D eigenvalue weighted by atomic mass is 10.1. The van der Waals surface area contributed by atoms with E-state index in [4.69, 9.17) is 0 Å². The number of aliphatic hydroxyl groups is 1. The Labute approximate surface area is 335 Å². The Morgan fingerprint density at radius 3 is 1.29 bits per heavy atom. The first-order valence-corrected chi connectivity index (χ1v) is 18.6. The maximum Gasteiger partial charge on any atom is 0.233 e. The molecular weight excluding hydrogens is 733 g/mol. The van der Waals surface area contributed by atoms with Gasteiger partial charge in [-0.25, -0.2) is 0 Å². The average molecular weight is 779 g/mol. The Morgan fingerprint density at radius 2 is 0.897 bits per heavy atom. The number of rotatable bonds is 13. The number of hydrogen-bond acceptors (Lipinski definition) is 13. The largest absolute Gasteiger partial charge is 0.506 e. The highest BCUT2D eigenvalue weighted by atomic mass is 16.3. The van der Waals surface area contributed by atoms with Crippen molar-refractivity contribution in [2.75, 3.05) is 71.4 Å². The number of phenols is 2. The van der Waals surface area contributed by atoms with Gasteiger partial charge < -0.3 is 31.3 Å². The Balaban J connectivity index is 1.07. The van der Waals surface area contributed by atoms with Crippen molar-refractivity contribution in [2.45, 2.75) is 0 Å². The lowest BCUT2D eigenvalue weighted by Crippen LogP contribution is -2.34. The van der Waals surface area contributed by atoms with Crippen LogP contribution in [0.3, 0.4) is 0 Å². The fourth-order valence-electron chi connectivity index (χ4n) is 6.04. The van der Waals surface area contributed by atoms with Crippen LogP contribution >= 0.6 is 0 Å². The average Bonchev–Trinajstić information content (AvgIpc) is 3.19. The molecule has 7 aromatic rings. The van der Waals surface area contributed by atoms with Crippen LogP contribution in [0.1, 0.15) is 0 Å². The topological polar surface area (TPSA) is 185 Å². The molecule has 0 aliphatic heterocycles. The lowest BCUT2D eigenvalue weighted by Gasteiger charge is -2.23. The quantitative estimate of drug-likeness (QED) is 0.0490. The number of phenolic OH excluding ortho intramolecular Hbond substituents is 2. The van der Waals surface area contributed by atoms with Crippen LogP contribution < -0.4 is 24.9 Å². The molecule has 0 unspecified atom stereocenters. The first-order valence-electron chi connectivity index (χ1n) is 18.6. The zero-order chi connectivity index (χ0) is 41.0. The van der Waals surface area contributed by atoms with Gasteiger partial charge in [-0.05, 0) is 95.7 Å². The van der Waals surface area contributed by atoms with E-state index in [1.807, 2.05) is 60.7 Å². The van der Waals surface area contributed by atoms with E-state index in [2.05, 4.69) is 106 Å². The van der Waals surface area contributed by atoms with Crippen LogP contribution in [0.15, 0.2) is 130 Å². The molecule has 15 heteroatoms. The normalized spacial score (nSPS) is 12.2. The van der Waals surface area contributed by atoms with E-state index in [9.17, 15) is 15.3 Å². The summed E-state index contributed by atoms with van der Waals surface area (Å²) in [6.07, 6.45) is 0. The monoisotopic (exact) mass is 778 g/mol. The fraction of sp³-hybridized carbons (Fsp3) is 0.186. The molecule has 0 aliphatic rings. The number of azo groups is 2. The second-order valence-corrected chi connectivity index (χ2v) is 15.4. The third kappa shape index (κ3) is 9.13. The number of aromatic nitrogens is 3. The van der Waals surface area contributed by atoms with E-state index in [1.165, 1.54) is 0 Å². The highest BCUT2D eigenvalue weighted by Gasteiger charge is 2.17. The molecule has 7 rings (SSSR count). The Kier molecular flexibility index (Phi) is 10.9. The predicted octanol–water partition coefficient (Wildman–Crippen LogP) is 9.70. The van der Waals surface area contributed by atoms with Crippen LogP contribution in [0.5, 0.6) is 11.5 Å². The molecule has 0 bridgehead atoms. The van der Waals surface area contributed by atoms with Crippen molar-refractivity contribution in [2.24, 2.45) is 20.5 Å². The van der Waals surface area contributed by atoms with E-state index < -0.39 is 0 Å². The highest BCUT2D eigenvalue weighted by Crippen LogP contribution is 2.40. The van der Waals surface area contributed by atoms with E-state index in [1.54, 1.807) is 36.4 Å². The van der Waals surface area contributed by atoms with Gasteiger partial charge in [-0.15, -0.1) is 10.2 Å². The van der Waals surface area contributed by atoms with Crippen LogP contribution in [0, 0.1) is 0 Å². The van der Waals surface area contributed by atoms with E-state index in [0.717, 1.165) is 32.9 Å². The van der Waals surface area contributed by atoms with Crippen LogP contribution in [0.4, 0.5) is 63.3 Å². The van der Waals surface area contributed by atoms with Crippen molar-refractivity contribution in [1.82, 2.24) is 23.9 Å². The van der Waals surface area contributed by atoms with Crippen LogP contribution in [-0.4, -0.2) is 85.7 Å². The maximum absolute atomic E-state index is 10.7. The van der Waals surface area contributed by atoms with E-state index in [-0.39, 0.29) is 42.5 Å². The molecule has 0 saturated heterocycles. The highest BCUT2D eigenvalue weighted by molar-refractivity contribution is 5.98. The molecule has 294 valence electrons. The van der Waals surface area contributed by atoms with Crippen molar-refractivity contribution in [3.63, 3.8) is 0 Å². The smallest absolute Gasteiger partial charge is 0.233 e. The number of aromatic hydroxyl groups is 2. The number of benzene rings is 6. The van der Waals surface area contributed by atoms with Crippen molar-refractivity contribution < 1.29 is 15.3 Å². The third-order valence-corrected chi connectivity index (χ3v) is 9.27. The summed E-state index contributed by atoms with van der Waals surface area (Å²) in [5, 5.41) is 61.5. The molecule has 6 aromatic carbocycles. The summed E-state index contributed by atoms with van der Waals surface area (Å²) in [5.74, 6) is 0.875. The summed E-state index contributed by atoms with van der Waals surface area (Å²) in [4.78, 5) is 13.5. The SMILES string of the molecule is C[N+](C)(C)c1ccc2ccc(O)c(/N=N/c3ccc(Nc4nc(NCCO)nc(Nc5ccc(/N=N/c6c(O)ccc7ccc([N+](C)(C)C)cc67)cc5)n4)cc3)c2c1. The number of quaternary nitrogens is 2. The molecule has 6 N–H and O–H groups in total. The minimum Gasteiger partial charge on any atom is -0.506 e. The zero-order valence-electron chi connectivity index (χ0n) is 33.2. The molecule has 0 aliphatic carbocycles. The number of nitrogens with one attached hydrogen (secondary N) is 3. The van der Waals surface area contributed by atoms with Crippen LogP contribution in [0.2, 0.25) is 0 Å². The fourth-order valence-corrected chi connectivity index (χ4v) is 6.04. The van der Waals surface area contributed by atoms with Crippen molar-refractivity contribution in [3.8, 4) is 11.5 Å². The molecule has 0 saturated carbocycles. The standard InChI is InChI=1S/C43H44N12O3/c1-54(2,3)33-19-7-27-9-21-37(57)39(35(27)25-33)52-50-31-15-11-29(12-16-31)45-42-47-41(44-23-24-56)48-43(49-42)46-30-13-17-32(18-14-30)51-53-40-36-26-34(55(4,5)6)20-8-28(36)10-22-38(40)58/h7-22,25-26,56H,23-24H2,1-6H3,(H3-2,44,45,46,47,48,49,50,51,52,53,57,58)/p+2.